The van der Waals surface area contributed by atoms with Gasteiger partial charge in [-0.1, -0.05) is 26.0 Å². The molecule has 2 nitrogen and oxygen atoms in total. The van der Waals surface area contributed by atoms with Gasteiger partial charge in [-0.2, -0.15) is 0 Å². The van der Waals surface area contributed by atoms with Crippen LogP contribution in [-0.4, -0.2) is 19.2 Å². The van der Waals surface area contributed by atoms with E-state index in [1.165, 1.54) is 18.4 Å². The zero-order valence-electron chi connectivity index (χ0n) is 11.9. The van der Waals surface area contributed by atoms with E-state index in [4.69, 9.17) is 4.74 Å². The van der Waals surface area contributed by atoms with Gasteiger partial charge in [-0.15, -0.1) is 0 Å². The van der Waals surface area contributed by atoms with Crippen molar-refractivity contribution in [1.29, 1.82) is 0 Å². The molecule has 2 rings (SSSR count). The van der Waals surface area contributed by atoms with Crippen LogP contribution in [-0.2, 0) is 0 Å². The first kappa shape index (κ1) is 13.4. The third kappa shape index (κ3) is 3.05. The molecule has 0 heterocycles. The van der Waals surface area contributed by atoms with Crippen molar-refractivity contribution in [2.45, 2.75) is 51.6 Å². The second-order valence-corrected chi connectivity index (χ2v) is 5.84. The highest BCUT2D eigenvalue weighted by molar-refractivity contribution is 5.30. The van der Waals surface area contributed by atoms with Gasteiger partial charge in [0.2, 0.25) is 0 Å². The predicted octanol–water partition coefficient (Wildman–Crippen LogP) is 3.58. The fourth-order valence-corrected chi connectivity index (χ4v) is 2.47. The summed E-state index contributed by atoms with van der Waals surface area (Å²) in [7, 11) is 1.71. The highest BCUT2D eigenvalue weighted by Crippen LogP contribution is 2.37. The Morgan fingerprint density at radius 3 is 2.22 bits per heavy atom. The van der Waals surface area contributed by atoms with E-state index in [9.17, 15) is 0 Å². The molecule has 0 aromatic heterocycles. The molecule has 1 aromatic carbocycles. The Morgan fingerprint density at radius 1 is 1.11 bits per heavy atom. The van der Waals surface area contributed by atoms with Crippen LogP contribution in [0.5, 0.6) is 5.75 Å². The van der Waals surface area contributed by atoms with E-state index >= 15 is 0 Å². The summed E-state index contributed by atoms with van der Waals surface area (Å²) in [6.45, 7) is 6.83. The van der Waals surface area contributed by atoms with Gasteiger partial charge < -0.3 is 10.1 Å². The first-order valence-electron chi connectivity index (χ1n) is 7.00. The molecule has 1 N–H and O–H groups in total. The first-order valence-corrected chi connectivity index (χ1v) is 7.00. The molecule has 100 valence electrons. The zero-order chi connectivity index (χ0) is 13.1. The molecule has 1 saturated carbocycles. The molecule has 1 aromatic rings. The molecule has 0 spiro atoms. The molecule has 0 saturated heterocycles. The second kappa shape index (κ2) is 5.75. The molecule has 1 atom stereocenters. The molecule has 18 heavy (non-hydrogen) atoms. The lowest BCUT2D eigenvalue weighted by molar-refractivity contribution is 0.248. The summed E-state index contributed by atoms with van der Waals surface area (Å²) >= 11 is 0. The minimum Gasteiger partial charge on any atom is -0.497 e. The molecule has 0 aliphatic heterocycles. The maximum atomic E-state index is 5.19. The Kier molecular flexibility index (Phi) is 4.28. The molecule has 1 fully saturated rings. The van der Waals surface area contributed by atoms with E-state index in [0.717, 1.165) is 11.7 Å². The highest BCUT2D eigenvalue weighted by Gasteiger charge is 2.31. The van der Waals surface area contributed by atoms with Crippen molar-refractivity contribution in [2.24, 2.45) is 5.92 Å². The summed E-state index contributed by atoms with van der Waals surface area (Å²) in [5, 5.41) is 3.71. The molecular formula is C16H25NO. The van der Waals surface area contributed by atoms with E-state index < -0.39 is 0 Å². The number of rotatable bonds is 5. The van der Waals surface area contributed by atoms with Crippen LogP contribution in [0.4, 0.5) is 0 Å². The number of benzene rings is 1. The van der Waals surface area contributed by atoms with Crippen molar-refractivity contribution in [3.63, 3.8) is 0 Å². The van der Waals surface area contributed by atoms with Crippen molar-refractivity contribution in [1.82, 2.24) is 5.32 Å². The van der Waals surface area contributed by atoms with Crippen LogP contribution in [0.2, 0.25) is 0 Å². The van der Waals surface area contributed by atoms with E-state index in [0.29, 0.717) is 18.0 Å². The largest absolute Gasteiger partial charge is 0.497 e. The van der Waals surface area contributed by atoms with E-state index in [-0.39, 0.29) is 0 Å². The number of nitrogens with one attached hydrogen (secondary N) is 1. The molecule has 1 aliphatic rings. The molecule has 1 aliphatic carbocycles. The van der Waals surface area contributed by atoms with Crippen molar-refractivity contribution < 1.29 is 4.74 Å². The minimum atomic E-state index is 0.617. The summed E-state index contributed by atoms with van der Waals surface area (Å²) < 4.78 is 5.19. The number of methoxy groups -OCH3 is 1. The van der Waals surface area contributed by atoms with Gasteiger partial charge in [-0.05, 0) is 49.3 Å². The molecular weight excluding hydrogens is 222 g/mol. The highest BCUT2D eigenvalue weighted by atomic mass is 16.5. The van der Waals surface area contributed by atoms with Crippen molar-refractivity contribution >= 4 is 0 Å². The summed E-state index contributed by atoms with van der Waals surface area (Å²) in [6, 6.07) is 9.85. The number of hydrogen-bond donors (Lipinski definition) is 1. The van der Waals surface area contributed by atoms with Crippen LogP contribution >= 0.6 is 0 Å². The quantitative estimate of drug-likeness (QED) is 0.858. The average Bonchev–Trinajstić information content (AvgIpc) is 2.33. The van der Waals surface area contributed by atoms with Gasteiger partial charge in [0.05, 0.1) is 7.11 Å². The lowest BCUT2D eigenvalue weighted by Crippen LogP contribution is -2.46. The van der Waals surface area contributed by atoms with E-state index in [1.54, 1.807) is 7.11 Å². The Labute approximate surface area is 111 Å². The van der Waals surface area contributed by atoms with Crippen LogP contribution in [0.25, 0.3) is 0 Å². The van der Waals surface area contributed by atoms with E-state index in [1.807, 2.05) is 0 Å². The van der Waals surface area contributed by atoms with Crippen molar-refractivity contribution in [2.75, 3.05) is 7.11 Å². The SMILES string of the molecule is COc1ccc(C2CC(NC(C)C(C)C)C2)cc1. The monoisotopic (exact) mass is 247 g/mol. The Morgan fingerprint density at radius 2 is 1.72 bits per heavy atom. The van der Waals surface area contributed by atoms with Crippen LogP contribution in [0.3, 0.4) is 0 Å². The molecule has 1 unspecified atom stereocenters. The normalized spacial score (nSPS) is 24.7. The summed E-state index contributed by atoms with van der Waals surface area (Å²) in [5.74, 6) is 2.39. The van der Waals surface area contributed by atoms with Crippen LogP contribution in [0.1, 0.15) is 45.1 Å². The van der Waals surface area contributed by atoms with Gasteiger partial charge in [0.1, 0.15) is 5.75 Å². The third-order valence-corrected chi connectivity index (χ3v) is 4.22. The average molecular weight is 247 g/mol. The molecule has 0 bridgehead atoms. The number of hydrogen-bond acceptors (Lipinski definition) is 2. The predicted molar refractivity (Wildman–Crippen MR) is 76.2 cm³/mol. The zero-order valence-corrected chi connectivity index (χ0v) is 11.9. The lowest BCUT2D eigenvalue weighted by Gasteiger charge is -2.39. The summed E-state index contributed by atoms with van der Waals surface area (Å²) in [5.41, 5.74) is 1.45. The minimum absolute atomic E-state index is 0.617. The molecule has 0 radical (unpaired) electrons. The van der Waals surface area contributed by atoms with Gasteiger partial charge in [-0.3, -0.25) is 0 Å². The fraction of sp³-hybridized carbons (Fsp3) is 0.625. The van der Waals surface area contributed by atoms with Crippen LogP contribution < -0.4 is 10.1 Å². The van der Waals surface area contributed by atoms with Gasteiger partial charge in [0.15, 0.2) is 0 Å². The summed E-state index contributed by atoms with van der Waals surface area (Å²) in [6.07, 6.45) is 2.53. The maximum absolute atomic E-state index is 5.19. The van der Waals surface area contributed by atoms with Gasteiger partial charge >= 0.3 is 0 Å². The number of ether oxygens (including phenoxy) is 1. The Bertz CT molecular complexity index is 365. The molecule has 2 heteroatoms. The van der Waals surface area contributed by atoms with Crippen LogP contribution in [0.15, 0.2) is 24.3 Å². The third-order valence-electron chi connectivity index (χ3n) is 4.22. The lowest BCUT2D eigenvalue weighted by atomic mass is 9.75. The van der Waals surface area contributed by atoms with Gasteiger partial charge in [0.25, 0.3) is 0 Å². The topological polar surface area (TPSA) is 21.3 Å². The maximum Gasteiger partial charge on any atom is 0.118 e. The van der Waals surface area contributed by atoms with Crippen LogP contribution in [0, 0.1) is 5.92 Å². The first-order chi connectivity index (χ1) is 8.60. The Hall–Kier alpha value is -1.02. The van der Waals surface area contributed by atoms with E-state index in [2.05, 4.69) is 50.4 Å². The van der Waals surface area contributed by atoms with Crippen molar-refractivity contribution in [3.8, 4) is 5.75 Å². The summed E-state index contributed by atoms with van der Waals surface area (Å²) in [4.78, 5) is 0. The Balaban J connectivity index is 1.81. The fourth-order valence-electron chi connectivity index (χ4n) is 2.47. The van der Waals surface area contributed by atoms with Gasteiger partial charge in [0, 0.05) is 12.1 Å². The van der Waals surface area contributed by atoms with Crippen molar-refractivity contribution in [3.05, 3.63) is 29.8 Å². The molecule has 0 amide bonds. The standard InChI is InChI=1S/C16H25NO/c1-11(2)12(3)17-15-9-14(10-15)13-5-7-16(18-4)8-6-13/h5-8,11-12,14-15,17H,9-10H2,1-4H3. The second-order valence-electron chi connectivity index (χ2n) is 5.84. The smallest absolute Gasteiger partial charge is 0.118 e. The van der Waals surface area contributed by atoms with Gasteiger partial charge in [-0.25, -0.2) is 0 Å².